The number of fused-ring (bicyclic) bond motifs is 1. The van der Waals surface area contributed by atoms with Crippen molar-refractivity contribution in [3.63, 3.8) is 0 Å². The average molecular weight is 318 g/mol. The standard InChI is InChI=1S/C18H14N4O2/c19-10-14-9-17(23)15-7-6-12(8-18(15)24-14)16-11-22(21-20-16)13-4-2-1-3-5-13/h1-9,11H,10,19H2. The molecule has 0 aliphatic heterocycles. The lowest BCUT2D eigenvalue weighted by Gasteiger charge is -2.02. The first-order valence-corrected chi connectivity index (χ1v) is 7.49. The van der Waals surface area contributed by atoms with Crippen LogP contribution in [0.4, 0.5) is 0 Å². The molecule has 6 nitrogen and oxygen atoms in total. The fourth-order valence-electron chi connectivity index (χ4n) is 2.57. The minimum absolute atomic E-state index is 0.101. The fourth-order valence-corrected chi connectivity index (χ4v) is 2.57. The molecule has 0 spiro atoms. The fraction of sp³-hybridized carbons (Fsp3) is 0.0556. The molecule has 0 saturated carbocycles. The molecular formula is C18H14N4O2. The third kappa shape index (κ3) is 2.49. The van der Waals surface area contributed by atoms with E-state index in [2.05, 4.69) is 10.3 Å². The van der Waals surface area contributed by atoms with E-state index in [0.29, 0.717) is 22.4 Å². The van der Waals surface area contributed by atoms with E-state index >= 15 is 0 Å². The third-order valence-electron chi connectivity index (χ3n) is 3.79. The molecule has 0 fully saturated rings. The van der Waals surface area contributed by atoms with Gasteiger partial charge in [-0.2, -0.15) is 0 Å². The molecule has 0 aliphatic rings. The molecule has 0 amide bonds. The maximum Gasteiger partial charge on any atom is 0.192 e. The van der Waals surface area contributed by atoms with Crippen LogP contribution in [0.3, 0.4) is 0 Å². The van der Waals surface area contributed by atoms with Gasteiger partial charge in [0.25, 0.3) is 0 Å². The number of aromatic nitrogens is 3. The van der Waals surface area contributed by atoms with Crippen LogP contribution in [0, 0.1) is 0 Å². The molecule has 0 radical (unpaired) electrons. The first-order chi connectivity index (χ1) is 11.7. The highest BCUT2D eigenvalue weighted by molar-refractivity contribution is 5.81. The van der Waals surface area contributed by atoms with Crippen molar-refractivity contribution in [1.82, 2.24) is 15.0 Å². The molecule has 0 aliphatic carbocycles. The summed E-state index contributed by atoms with van der Waals surface area (Å²) in [5.74, 6) is 0.456. The lowest BCUT2D eigenvalue weighted by molar-refractivity contribution is 0.539. The molecule has 24 heavy (non-hydrogen) atoms. The van der Waals surface area contributed by atoms with Gasteiger partial charge in [-0.1, -0.05) is 29.5 Å². The van der Waals surface area contributed by atoms with Crippen molar-refractivity contribution in [1.29, 1.82) is 0 Å². The van der Waals surface area contributed by atoms with Gasteiger partial charge in [0.15, 0.2) is 5.43 Å². The Morgan fingerprint density at radius 1 is 1.08 bits per heavy atom. The molecule has 4 rings (SSSR count). The highest BCUT2D eigenvalue weighted by Gasteiger charge is 2.09. The van der Waals surface area contributed by atoms with E-state index in [-0.39, 0.29) is 12.0 Å². The smallest absolute Gasteiger partial charge is 0.192 e. The van der Waals surface area contributed by atoms with Gasteiger partial charge in [0.1, 0.15) is 17.0 Å². The van der Waals surface area contributed by atoms with Crippen LogP contribution in [-0.4, -0.2) is 15.0 Å². The van der Waals surface area contributed by atoms with E-state index in [0.717, 1.165) is 11.3 Å². The predicted octanol–water partition coefficient (Wildman–Crippen LogP) is 2.50. The Balaban J connectivity index is 1.80. The molecule has 118 valence electrons. The summed E-state index contributed by atoms with van der Waals surface area (Å²) in [7, 11) is 0. The third-order valence-corrected chi connectivity index (χ3v) is 3.79. The summed E-state index contributed by atoms with van der Waals surface area (Å²) in [4.78, 5) is 12.0. The second-order valence-electron chi connectivity index (χ2n) is 5.38. The number of hydrogen-bond donors (Lipinski definition) is 1. The SMILES string of the molecule is NCc1cc(=O)c2ccc(-c3cn(-c4ccccc4)nn3)cc2o1. The van der Waals surface area contributed by atoms with Crippen molar-refractivity contribution in [2.75, 3.05) is 0 Å². The number of para-hydroxylation sites is 1. The van der Waals surface area contributed by atoms with Crippen LogP contribution in [0.2, 0.25) is 0 Å². The zero-order valence-electron chi connectivity index (χ0n) is 12.7. The summed E-state index contributed by atoms with van der Waals surface area (Å²) in [5, 5.41) is 8.87. The summed E-state index contributed by atoms with van der Waals surface area (Å²) < 4.78 is 7.37. The summed E-state index contributed by atoms with van der Waals surface area (Å²) in [5.41, 5.74) is 8.40. The Labute approximate surface area is 137 Å². The van der Waals surface area contributed by atoms with Gasteiger partial charge in [0.05, 0.1) is 23.8 Å². The summed E-state index contributed by atoms with van der Waals surface area (Å²) in [6.07, 6.45) is 1.83. The number of benzene rings is 2. The normalized spacial score (nSPS) is 11.0. The van der Waals surface area contributed by atoms with Crippen molar-refractivity contribution in [2.24, 2.45) is 5.73 Å². The Hall–Kier alpha value is -3.25. The van der Waals surface area contributed by atoms with Crippen LogP contribution in [-0.2, 0) is 6.54 Å². The van der Waals surface area contributed by atoms with Gasteiger partial charge >= 0.3 is 0 Å². The molecule has 4 aromatic rings. The molecule has 6 heteroatoms. The van der Waals surface area contributed by atoms with E-state index in [4.69, 9.17) is 10.2 Å². The average Bonchev–Trinajstić information content (AvgIpc) is 3.12. The zero-order valence-corrected chi connectivity index (χ0v) is 12.7. The molecular weight excluding hydrogens is 304 g/mol. The van der Waals surface area contributed by atoms with Gasteiger partial charge < -0.3 is 10.2 Å². The topological polar surface area (TPSA) is 86.9 Å². The minimum Gasteiger partial charge on any atom is -0.459 e. The molecule has 0 atom stereocenters. The van der Waals surface area contributed by atoms with E-state index < -0.39 is 0 Å². The van der Waals surface area contributed by atoms with Gasteiger partial charge in [0.2, 0.25) is 0 Å². The molecule has 2 heterocycles. The molecule has 0 saturated heterocycles. The van der Waals surface area contributed by atoms with E-state index in [1.54, 1.807) is 16.8 Å². The van der Waals surface area contributed by atoms with Crippen LogP contribution in [0.5, 0.6) is 0 Å². The van der Waals surface area contributed by atoms with Crippen LogP contribution < -0.4 is 11.2 Å². The number of rotatable bonds is 3. The van der Waals surface area contributed by atoms with Crippen molar-refractivity contribution in [3.05, 3.63) is 76.8 Å². The molecule has 0 unspecified atom stereocenters. The maximum atomic E-state index is 12.0. The first kappa shape index (κ1) is 14.3. The van der Waals surface area contributed by atoms with Gasteiger partial charge in [0, 0.05) is 11.6 Å². The van der Waals surface area contributed by atoms with E-state index in [1.807, 2.05) is 42.6 Å². The van der Waals surface area contributed by atoms with Crippen LogP contribution in [0.1, 0.15) is 5.76 Å². The van der Waals surface area contributed by atoms with Crippen LogP contribution in [0.15, 0.2) is 70.0 Å². The van der Waals surface area contributed by atoms with Crippen molar-refractivity contribution >= 4 is 11.0 Å². The van der Waals surface area contributed by atoms with Gasteiger partial charge in [-0.15, -0.1) is 5.10 Å². The monoisotopic (exact) mass is 318 g/mol. The number of nitrogens with two attached hydrogens (primary N) is 1. The number of nitrogens with zero attached hydrogens (tertiary/aromatic N) is 3. The second-order valence-corrected chi connectivity index (χ2v) is 5.38. The predicted molar refractivity (Wildman–Crippen MR) is 90.7 cm³/mol. The Morgan fingerprint density at radius 3 is 2.71 bits per heavy atom. The highest BCUT2D eigenvalue weighted by atomic mass is 16.3. The van der Waals surface area contributed by atoms with Crippen molar-refractivity contribution in [2.45, 2.75) is 6.54 Å². The summed E-state index contributed by atoms with van der Waals surface area (Å²) >= 11 is 0. The van der Waals surface area contributed by atoms with Gasteiger partial charge in [-0.05, 0) is 24.3 Å². The lowest BCUT2D eigenvalue weighted by atomic mass is 10.1. The van der Waals surface area contributed by atoms with Crippen LogP contribution >= 0.6 is 0 Å². The Bertz CT molecular complexity index is 1070. The van der Waals surface area contributed by atoms with Gasteiger partial charge in [-0.3, -0.25) is 4.79 Å². The molecule has 0 bridgehead atoms. The second kappa shape index (κ2) is 5.75. The molecule has 2 N–H and O–H groups in total. The Kier molecular flexibility index (Phi) is 3.44. The van der Waals surface area contributed by atoms with Crippen LogP contribution in [0.25, 0.3) is 27.9 Å². The molecule has 2 aromatic carbocycles. The number of hydrogen-bond acceptors (Lipinski definition) is 5. The highest BCUT2D eigenvalue weighted by Crippen LogP contribution is 2.22. The van der Waals surface area contributed by atoms with Crippen molar-refractivity contribution < 1.29 is 4.42 Å². The largest absolute Gasteiger partial charge is 0.459 e. The summed E-state index contributed by atoms with van der Waals surface area (Å²) in [6.45, 7) is 0.180. The van der Waals surface area contributed by atoms with E-state index in [1.165, 1.54) is 6.07 Å². The first-order valence-electron chi connectivity index (χ1n) is 7.49. The minimum atomic E-state index is -0.101. The van der Waals surface area contributed by atoms with Gasteiger partial charge in [-0.25, -0.2) is 4.68 Å². The Morgan fingerprint density at radius 2 is 1.92 bits per heavy atom. The zero-order chi connectivity index (χ0) is 16.5. The molecule has 2 aromatic heterocycles. The lowest BCUT2D eigenvalue weighted by Crippen LogP contribution is -2.05. The maximum absolute atomic E-state index is 12.0. The quantitative estimate of drug-likeness (QED) is 0.627. The summed E-state index contributed by atoms with van der Waals surface area (Å²) in [6, 6.07) is 16.5. The van der Waals surface area contributed by atoms with E-state index in [9.17, 15) is 4.79 Å². The van der Waals surface area contributed by atoms with Crippen molar-refractivity contribution in [3.8, 4) is 16.9 Å².